The first-order valence-electron chi connectivity index (χ1n) is 6.21. The van der Waals surface area contributed by atoms with Crippen LogP contribution in [0.2, 0.25) is 0 Å². The number of carbonyl (C=O) groups is 1. The standard InChI is InChI=1S/C16H11BrFNO2/c17-13-3-6-16(12(9-13)10-19)21-8-7-15(20)11-1-4-14(18)5-2-11/h1-6,9H,7-8H2. The summed E-state index contributed by atoms with van der Waals surface area (Å²) in [5.74, 6) is -0.0745. The van der Waals surface area contributed by atoms with Crippen LogP contribution < -0.4 is 4.74 Å². The molecule has 0 aliphatic carbocycles. The van der Waals surface area contributed by atoms with Gasteiger partial charge in [-0.15, -0.1) is 0 Å². The van der Waals surface area contributed by atoms with Crippen LogP contribution in [-0.4, -0.2) is 12.4 Å². The average molecular weight is 348 g/mol. The molecule has 5 heteroatoms. The van der Waals surface area contributed by atoms with Gasteiger partial charge in [0, 0.05) is 16.5 Å². The molecule has 0 saturated heterocycles. The monoisotopic (exact) mass is 347 g/mol. The summed E-state index contributed by atoms with van der Waals surface area (Å²) in [6.07, 6.45) is 0.159. The molecule has 2 aromatic carbocycles. The van der Waals surface area contributed by atoms with Crippen LogP contribution in [0.5, 0.6) is 5.75 Å². The Kier molecular flexibility index (Phi) is 5.07. The van der Waals surface area contributed by atoms with Crippen LogP contribution in [0, 0.1) is 17.1 Å². The summed E-state index contributed by atoms with van der Waals surface area (Å²) in [7, 11) is 0. The number of carbonyl (C=O) groups excluding carboxylic acids is 1. The first kappa shape index (κ1) is 15.2. The molecule has 0 unspecified atom stereocenters. The summed E-state index contributed by atoms with van der Waals surface area (Å²) >= 11 is 3.27. The van der Waals surface area contributed by atoms with Crippen LogP contribution in [0.15, 0.2) is 46.9 Å². The van der Waals surface area contributed by atoms with Gasteiger partial charge in [-0.2, -0.15) is 5.26 Å². The second-order valence-electron chi connectivity index (χ2n) is 4.28. The molecule has 0 atom stereocenters. The number of nitrogens with zero attached hydrogens (tertiary/aromatic N) is 1. The number of ether oxygens (including phenoxy) is 1. The minimum absolute atomic E-state index is 0.134. The third-order valence-electron chi connectivity index (χ3n) is 2.81. The molecule has 2 aromatic rings. The van der Waals surface area contributed by atoms with Crippen molar-refractivity contribution in [2.24, 2.45) is 0 Å². The van der Waals surface area contributed by atoms with Gasteiger partial charge < -0.3 is 4.74 Å². The zero-order valence-corrected chi connectivity index (χ0v) is 12.6. The number of halogens is 2. The number of hydrogen-bond donors (Lipinski definition) is 0. The third-order valence-corrected chi connectivity index (χ3v) is 3.31. The fourth-order valence-electron chi connectivity index (χ4n) is 1.75. The van der Waals surface area contributed by atoms with Gasteiger partial charge in [0.15, 0.2) is 5.78 Å². The Morgan fingerprint density at radius 3 is 2.62 bits per heavy atom. The van der Waals surface area contributed by atoms with Gasteiger partial charge in [-0.05, 0) is 42.5 Å². The van der Waals surface area contributed by atoms with E-state index in [4.69, 9.17) is 10.00 Å². The maximum absolute atomic E-state index is 12.8. The minimum atomic E-state index is -0.378. The van der Waals surface area contributed by atoms with E-state index in [-0.39, 0.29) is 24.6 Å². The highest BCUT2D eigenvalue weighted by atomic mass is 79.9. The molecule has 0 amide bonds. The van der Waals surface area contributed by atoms with Gasteiger partial charge in [-0.3, -0.25) is 4.79 Å². The maximum atomic E-state index is 12.8. The van der Waals surface area contributed by atoms with Crippen molar-refractivity contribution in [1.82, 2.24) is 0 Å². The highest BCUT2D eigenvalue weighted by molar-refractivity contribution is 9.10. The van der Waals surface area contributed by atoms with E-state index < -0.39 is 0 Å². The smallest absolute Gasteiger partial charge is 0.166 e. The molecule has 0 bridgehead atoms. The molecule has 2 rings (SSSR count). The van der Waals surface area contributed by atoms with E-state index in [2.05, 4.69) is 15.9 Å². The van der Waals surface area contributed by atoms with Crippen molar-refractivity contribution in [3.05, 3.63) is 63.9 Å². The van der Waals surface area contributed by atoms with Gasteiger partial charge >= 0.3 is 0 Å². The zero-order chi connectivity index (χ0) is 15.2. The van der Waals surface area contributed by atoms with E-state index in [1.165, 1.54) is 24.3 Å². The van der Waals surface area contributed by atoms with Crippen LogP contribution in [0.4, 0.5) is 4.39 Å². The molecule has 21 heavy (non-hydrogen) atoms. The van der Waals surface area contributed by atoms with E-state index in [0.717, 1.165) is 4.47 Å². The first-order chi connectivity index (χ1) is 10.1. The van der Waals surface area contributed by atoms with Gasteiger partial charge in [-0.25, -0.2) is 4.39 Å². The Labute approximate surface area is 130 Å². The van der Waals surface area contributed by atoms with Crippen molar-refractivity contribution in [2.45, 2.75) is 6.42 Å². The molecule has 0 aliphatic heterocycles. The highest BCUT2D eigenvalue weighted by Crippen LogP contribution is 2.22. The summed E-state index contributed by atoms with van der Waals surface area (Å²) in [6.45, 7) is 0.159. The van der Waals surface area contributed by atoms with Gasteiger partial charge in [0.05, 0.1) is 12.2 Å². The predicted octanol–water partition coefficient (Wildman–Crippen LogP) is 4.11. The van der Waals surface area contributed by atoms with E-state index in [1.54, 1.807) is 18.2 Å². The Bertz CT molecular complexity index is 692. The van der Waals surface area contributed by atoms with Crippen molar-refractivity contribution >= 4 is 21.7 Å². The second kappa shape index (κ2) is 7.00. The van der Waals surface area contributed by atoms with Gasteiger partial charge in [0.25, 0.3) is 0 Å². The Balaban J connectivity index is 1.94. The molecule has 0 N–H and O–H groups in total. The van der Waals surface area contributed by atoms with Gasteiger partial charge in [0.2, 0.25) is 0 Å². The molecule has 3 nitrogen and oxygen atoms in total. The van der Waals surface area contributed by atoms with E-state index in [0.29, 0.717) is 16.9 Å². The summed E-state index contributed by atoms with van der Waals surface area (Å²) < 4.78 is 19.0. The van der Waals surface area contributed by atoms with Crippen LogP contribution in [0.3, 0.4) is 0 Å². The van der Waals surface area contributed by atoms with Crippen molar-refractivity contribution in [2.75, 3.05) is 6.61 Å². The largest absolute Gasteiger partial charge is 0.492 e. The quantitative estimate of drug-likeness (QED) is 0.764. The van der Waals surface area contributed by atoms with E-state index in [1.807, 2.05) is 6.07 Å². The lowest BCUT2D eigenvalue weighted by Crippen LogP contribution is -2.07. The predicted molar refractivity (Wildman–Crippen MR) is 79.7 cm³/mol. The minimum Gasteiger partial charge on any atom is -0.492 e. The molecular weight excluding hydrogens is 337 g/mol. The van der Waals surface area contributed by atoms with Crippen molar-refractivity contribution in [1.29, 1.82) is 5.26 Å². The normalized spacial score (nSPS) is 9.95. The Hall–Kier alpha value is -2.19. The zero-order valence-electron chi connectivity index (χ0n) is 11.0. The summed E-state index contributed by atoms with van der Waals surface area (Å²) in [6, 6.07) is 12.5. The summed E-state index contributed by atoms with van der Waals surface area (Å²) in [5.41, 5.74) is 0.843. The maximum Gasteiger partial charge on any atom is 0.166 e. The molecule has 106 valence electrons. The van der Waals surface area contributed by atoms with Crippen LogP contribution in [-0.2, 0) is 0 Å². The molecule has 0 radical (unpaired) electrons. The molecule has 0 heterocycles. The number of ketones is 1. The van der Waals surface area contributed by atoms with Crippen LogP contribution in [0.25, 0.3) is 0 Å². The Morgan fingerprint density at radius 2 is 1.95 bits per heavy atom. The number of rotatable bonds is 5. The van der Waals surface area contributed by atoms with Crippen LogP contribution >= 0.6 is 15.9 Å². The highest BCUT2D eigenvalue weighted by Gasteiger charge is 2.08. The lowest BCUT2D eigenvalue weighted by atomic mass is 10.1. The third kappa shape index (κ3) is 4.14. The fourth-order valence-corrected chi connectivity index (χ4v) is 2.11. The number of hydrogen-bond acceptors (Lipinski definition) is 3. The SMILES string of the molecule is N#Cc1cc(Br)ccc1OCCC(=O)c1ccc(F)cc1. The number of benzene rings is 2. The lowest BCUT2D eigenvalue weighted by molar-refractivity contribution is 0.0962. The van der Waals surface area contributed by atoms with Crippen molar-refractivity contribution < 1.29 is 13.9 Å². The van der Waals surface area contributed by atoms with E-state index in [9.17, 15) is 9.18 Å². The summed E-state index contributed by atoms with van der Waals surface area (Å²) in [5, 5.41) is 9.00. The number of nitriles is 1. The molecule has 0 aromatic heterocycles. The topological polar surface area (TPSA) is 50.1 Å². The molecular formula is C16H11BrFNO2. The average Bonchev–Trinajstić information content (AvgIpc) is 2.49. The van der Waals surface area contributed by atoms with Gasteiger partial charge in [-0.1, -0.05) is 15.9 Å². The van der Waals surface area contributed by atoms with Crippen LogP contribution in [0.1, 0.15) is 22.3 Å². The molecule has 0 aliphatic rings. The Morgan fingerprint density at radius 1 is 1.24 bits per heavy atom. The molecule has 0 saturated carbocycles. The molecule has 0 spiro atoms. The van der Waals surface area contributed by atoms with Crippen molar-refractivity contribution in [3.8, 4) is 11.8 Å². The summed E-state index contributed by atoms with van der Waals surface area (Å²) in [4.78, 5) is 11.9. The lowest BCUT2D eigenvalue weighted by Gasteiger charge is -2.07. The fraction of sp³-hybridized carbons (Fsp3) is 0.125. The van der Waals surface area contributed by atoms with Gasteiger partial charge in [0.1, 0.15) is 17.6 Å². The first-order valence-corrected chi connectivity index (χ1v) is 7.00. The number of Topliss-reactive ketones (excluding diaryl/α,β-unsaturated/α-hetero) is 1. The second-order valence-corrected chi connectivity index (χ2v) is 5.20. The van der Waals surface area contributed by atoms with Crippen molar-refractivity contribution in [3.63, 3.8) is 0 Å². The van der Waals surface area contributed by atoms with E-state index >= 15 is 0 Å². The molecule has 0 fully saturated rings.